The number of nitrogens with zero attached hydrogens (tertiary/aromatic N) is 1. The third-order valence-corrected chi connectivity index (χ3v) is 3.55. The van der Waals surface area contributed by atoms with E-state index < -0.39 is 38.0 Å². The number of hydrogen-bond acceptors (Lipinski definition) is 3. The van der Waals surface area contributed by atoms with Gasteiger partial charge in [0.15, 0.2) is 0 Å². The molecule has 26 heavy (non-hydrogen) atoms. The zero-order chi connectivity index (χ0) is 19.8. The molecule has 0 atom stereocenters. The minimum atomic E-state index is -4.93. The molecule has 2 aromatic rings. The van der Waals surface area contributed by atoms with Gasteiger partial charge in [0.1, 0.15) is 5.69 Å². The third kappa shape index (κ3) is 5.53. The summed E-state index contributed by atoms with van der Waals surface area (Å²) in [6, 6.07) is 4.82. The van der Waals surface area contributed by atoms with Crippen LogP contribution in [0.2, 0.25) is 0 Å². The fourth-order valence-electron chi connectivity index (χ4n) is 1.95. The summed E-state index contributed by atoms with van der Waals surface area (Å²) in [6.45, 7) is -0.844. The van der Waals surface area contributed by atoms with E-state index in [2.05, 4.69) is 9.51 Å². The lowest BCUT2D eigenvalue weighted by atomic mass is 10.1. The molecule has 0 saturated heterocycles. The van der Waals surface area contributed by atoms with E-state index in [1.807, 2.05) is 0 Å². The first-order valence-electron chi connectivity index (χ1n) is 6.71. The molecule has 0 aliphatic carbocycles. The fraction of sp³-hybridized carbons (Fsp3) is 0.214. The number of phosphoric acid groups is 1. The van der Waals surface area contributed by atoms with Crippen LogP contribution in [0.4, 0.5) is 26.3 Å². The van der Waals surface area contributed by atoms with Gasteiger partial charge in [-0.2, -0.15) is 26.3 Å². The van der Waals surface area contributed by atoms with E-state index in [0.29, 0.717) is 18.2 Å². The summed E-state index contributed by atoms with van der Waals surface area (Å²) in [5.74, 6) is 0. The molecule has 0 saturated carbocycles. The highest BCUT2D eigenvalue weighted by Crippen LogP contribution is 2.38. The fourth-order valence-corrected chi connectivity index (χ4v) is 2.27. The van der Waals surface area contributed by atoms with E-state index in [9.17, 15) is 30.9 Å². The molecule has 0 radical (unpaired) electrons. The minimum absolute atomic E-state index is 0.0403. The number of benzene rings is 1. The van der Waals surface area contributed by atoms with Crippen molar-refractivity contribution < 1.29 is 45.2 Å². The Morgan fingerprint density at radius 2 is 1.54 bits per heavy atom. The molecule has 1 aromatic carbocycles. The summed E-state index contributed by atoms with van der Waals surface area (Å²) in [4.78, 5) is 20.6. The predicted octanol–water partition coefficient (Wildman–Crippen LogP) is 4.40. The molecule has 1 aromatic heterocycles. The Morgan fingerprint density at radius 3 is 2.00 bits per heavy atom. The van der Waals surface area contributed by atoms with Gasteiger partial charge >= 0.3 is 20.2 Å². The Bertz CT molecular complexity index is 829. The SMILES string of the molecule is O=P(O)(O)OCc1cc(-c2ccc(C(F)(F)F)cc2)nc(C(F)(F)F)c1. The minimum Gasteiger partial charge on any atom is -0.303 e. The van der Waals surface area contributed by atoms with E-state index in [1.54, 1.807) is 0 Å². The molecule has 5 nitrogen and oxygen atoms in total. The molecule has 2 N–H and O–H groups in total. The largest absolute Gasteiger partial charge is 0.469 e. The highest BCUT2D eigenvalue weighted by Gasteiger charge is 2.34. The van der Waals surface area contributed by atoms with Gasteiger partial charge in [0.2, 0.25) is 0 Å². The smallest absolute Gasteiger partial charge is 0.303 e. The molecule has 2 rings (SSSR count). The molecular weight excluding hydrogens is 391 g/mol. The van der Waals surface area contributed by atoms with Crippen molar-refractivity contribution >= 4 is 7.82 Å². The van der Waals surface area contributed by atoms with Gasteiger partial charge in [-0.05, 0) is 29.8 Å². The van der Waals surface area contributed by atoms with Crippen molar-refractivity contribution in [2.75, 3.05) is 0 Å². The summed E-state index contributed by atoms with van der Waals surface area (Å²) in [6.07, 6.45) is -9.49. The summed E-state index contributed by atoms with van der Waals surface area (Å²) >= 11 is 0. The van der Waals surface area contributed by atoms with Crippen LogP contribution in [0.25, 0.3) is 11.3 Å². The van der Waals surface area contributed by atoms with Crippen molar-refractivity contribution in [2.24, 2.45) is 0 Å². The molecule has 1 heterocycles. The van der Waals surface area contributed by atoms with E-state index in [4.69, 9.17) is 9.79 Å². The first-order valence-corrected chi connectivity index (χ1v) is 8.24. The van der Waals surface area contributed by atoms with Crippen LogP contribution < -0.4 is 0 Å². The first-order chi connectivity index (χ1) is 11.8. The molecule has 0 amide bonds. The Hall–Kier alpha value is -1.94. The number of rotatable bonds is 4. The summed E-state index contributed by atoms with van der Waals surface area (Å²) in [7, 11) is -4.93. The second-order valence-electron chi connectivity index (χ2n) is 5.08. The number of halogens is 6. The zero-order valence-corrected chi connectivity index (χ0v) is 13.4. The second kappa shape index (κ2) is 6.99. The molecule has 0 aliphatic heterocycles. The van der Waals surface area contributed by atoms with Gasteiger partial charge in [0.05, 0.1) is 17.9 Å². The average Bonchev–Trinajstić information content (AvgIpc) is 2.50. The van der Waals surface area contributed by atoms with Crippen molar-refractivity contribution in [1.29, 1.82) is 0 Å². The van der Waals surface area contributed by atoms with Crippen molar-refractivity contribution in [1.82, 2.24) is 4.98 Å². The van der Waals surface area contributed by atoms with Gasteiger partial charge in [0, 0.05) is 5.56 Å². The van der Waals surface area contributed by atoms with E-state index >= 15 is 0 Å². The van der Waals surface area contributed by atoms with Crippen LogP contribution in [-0.4, -0.2) is 14.8 Å². The average molecular weight is 401 g/mol. The van der Waals surface area contributed by atoms with Crippen LogP contribution >= 0.6 is 7.82 Å². The number of aromatic nitrogens is 1. The quantitative estimate of drug-likeness (QED) is 0.587. The highest BCUT2D eigenvalue weighted by molar-refractivity contribution is 7.46. The van der Waals surface area contributed by atoms with Gasteiger partial charge in [-0.15, -0.1) is 0 Å². The lowest BCUT2D eigenvalue weighted by molar-refractivity contribution is -0.141. The Labute approximate surface area is 142 Å². The number of hydrogen-bond donors (Lipinski definition) is 2. The highest BCUT2D eigenvalue weighted by atomic mass is 31.2. The van der Waals surface area contributed by atoms with Gasteiger partial charge in [-0.25, -0.2) is 9.55 Å². The maximum Gasteiger partial charge on any atom is 0.469 e. The van der Waals surface area contributed by atoms with Crippen molar-refractivity contribution in [3.8, 4) is 11.3 Å². The van der Waals surface area contributed by atoms with Crippen LogP contribution in [0.15, 0.2) is 36.4 Å². The topological polar surface area (TPSA) is 79.7 Å². The molecule has 0 aliphatic rings. The summed E-state index contributed by atoms with van der Waals surface area (Å²) in [5, 5.41) is 0. The standard InChI is InChI=1S/C14H10F6NO4P/c15-13(16,17)10-3-1-9(2-4-10)11-5-8(7-25-26(22,23)24)6-12(21-11)14(18,19)20/h1-6H,7H2,(H2,22,23,24). The van der Waals surface area contributed by atoms with E-state index in [1.165, 1.54) is 0 Å². The molecule has 0 unspecified atom stereocenters. The van der Waals surface area contributed by atoms with E-state index in [-0.39, 0.29) is 16.8 Å². The molecule has 0 spiro atoms. The normalized spacial score (nSPS) is 13.1. The van der Waals surface area contributed by atoms with Crippen LogP contribution in [0, 0.1) is 0 Å². The summed E-state index contributed by atoms with van der Waals surface area (Å²) < 4.78 is 91.4. The molecule has 0 bridgehead atoms. The van der Waals surface area contributed by atoms with Crippen LogP contribution in [0.1, 0.15) is 16.8 Å². The molecule has 142 valence electrons. The maximum atomic E-state index is 13.0. The number of alkyl halides is 6. The number of phosphoric ester groups is 1. The van der Waals surface area contributed by atoms with E-state index in [0.717, 1.165) is 18.2 Å². The van der Waals surface area contributed by atoms with Crippen LogP contribution in [0.5, 0.6) is 0 Å². The molecule has 12 heteroatoms. The maximum absolute atomic E-state index is 13.0. The Kier molecular flexibility index (Phi) is 5.48. The van der Waals surface area contributed by atoms with Crippen molar-refractivity contribution in [3.63, 3.8) is 0 Å². The monoisotopic (exact) mass is 401 g/mol. The Morgan fingerprint density at radius 1 is 0.962 bits per heavy atom. The lowest BCUT2D eigenvalue weighted by Crippen LogP contribution is -2.10. The number of pyridine rings is 1. The lowest BCUT2D eigenvalue weighted by Gasteiger charge is -2.13. The van der Waals surface area contributed by atoms with Gasteiger partial charge < -0.3 is 9.79 Å². The molecular formula is C14H10F6NO4P. The third-order valence-electron chi connectivity index (χ3n) is 3.08. The van der Waals surface area contributed by atoms with Crippen molar-refractivity contribution in [2.45, 2.75) is 19.0 Å². The first kappa shape index (κ1) is 20.4. The van der Waals surface area contributed by atoms with Crippen LogP contribution in [0.3, 0.4) is 0 Å². The predicted molar refractivity (Wildman–Crippen MR) is 76.5 cm³/mol. The van der Waals surface area contributed by atoms with Crippen molar-refractivity contribution in [3.05, 3.63) is 53.2 Å². The van der Waals surface area contributed by atoms with Gasteiger partial charge in [-0.3, -0.25) is 4.52 Å². The summed E-state index contributed by atoms with van der Waals surface area (Å²) in [5.41, 5.74) is -2.98. The second-order valence-corrected chi connectivity index (χ2v) is 6.32. The van der Waals surface area contributed by atoms with Gasteiger partial charge in [0.25, 0.3) is 0 Å². The van der Waals surface area contributed by atoms with Gasteiger partial charge in [-0.1, -0.05) is 12.1 Å². The van der Waals surface area contributed by atoms with Crippen LogP contribution in [-0.2, 0) is 28.0 Å². The molecule has 0 fully saturated rings. The Balaban J connectivity index is 2.45. The zero-order valence-electron chi connectivity index (χ0n) is 12.5.